The van der Waals surface area contributed by atoms with Crippen LogP contribution in [0.15, 0.2) is 39.5 Å². The lowest BCUT2D eigenvalue weighted by molar-refractivity contribution is -0.765. The van der Waals surface area contributed by atoms with Crippen LogP contribution in [0.3, 0.4) is 0 Å². The third-order valence-corrected chi connectivity index (χ3v) is 9.25. The van der Waals surface area contributed by atoms with E-state index in [-0.39, 0.29) is 11.4 Å². The first-order valence-electron chi connectivity index (χ1n) is 12.6. The summed E-state index contributed by atoms with van der Waals surface area (Å²) in [7, 11) is -11.0. The van der Waals surface area contributed by atoms with Crippen molar-refractivity contribution in [3.63, 3.8) is 0 Å². The van der Waals surface area contributed by atoms with Crippen molar-refractivity contribution in [2.45, 2.75) is 61.0 Å². The van der Waals surface area contributed by atoms with Gasteiger partial charge >= 0.3 is 15.4 Å². The number of carbonyl (C=O) groups excluding carboxylic acids is 2. The summed E-state index contributed by atoms with van der Waals surface area (Å²) in [6.07, 6.45) is -9.44. The number of aromatic nitrogens is 1. The molecule has 0 aromatic carbocycles. The normalized spacial score (nSPS) is 35.4. The zero-order valence-electron chi connectivity index (χ0n) is 22.0. The fourth-order valence-electron chi connectivity index (χ4n) is 4.89. The summed E-state index contributed by atoms with van der Waals surface area (Å²) in [5.41, 5.74) is 5.30. The van der Waals surface area contributed by atoms with E-state index in [1.54, 1.807) is 0 Å². The maximum absolute atomic E-state index is 13.4. The number of ether oxygens (including phenoxy) is 2. The van der Waals surface area contributed by atoms with E-state index in [2.05, 4.69) is 19.5 Å². The summed E-state index contributed by atoms with van der Waals surface area (Å²) in [6.45, 7) is -0.965. The summed E-state index contributed by atoms with van der Waals surface area (Å²) in [6, 6.07) is 1.61. The van der Waals surface area contributed by atoms with Crippen molar-refractivity contribution in [1.29, 1.82) is 0 Å². The molecular formula is C21H27N6O15P2+. The molecule has 240 valence electrons. The number of aliphatic hydroxyl groups excluding tert-OH is 4. The van der Waals surface area contributed by atoms with Gasteiger partial charge in [0.1, 0.15) is 48.3 Å². The molecule has 21 nitrogen and oxygen atoms in total. The SMILES string of the molecule is NC(=O)c1ccc[n+](C2OC(COP(=O)(O)C(OP(=O)(O)O)C3OC(N4C=NC5C(=O)N=CN=C54)C(O)C3O)C(O)C2O)c1. The van der Waals surface area contributed by atoms with Crippen LogP contribution in [0.2, 0.25) is 0 Å². The highest BCUT2D eigenvalue weighted by Crippen LogP contribution is 2.57. The molecule has 0 aliphatic carbocycles. The molecule has 9 N–H and O–H groups in total. The first-order valence-corrected chi connectivity index (χ1v) is 15.8. The van der Waals surface area contributed by atoms with E-state index in [1.807, 2.05) is 0 Å². The Morgan fingerprint density at radius 1 is 1.11 bits per heavy atom. The number of aliphatic hydroxyl groups is 4. The van der Waals surface area contributed by atoms with E-state index in [0.717, 1.165) is 17.6 Å². The second-order valence-corrected chi connectivity index (χ2v) is 13.0. The van der Waals surface area contributed by atoms with Crippen LogP contribution in [0.4, 0.5) is 0 Å². The van der Waals surface area contributed by atoms with E-state index in [4.69, 9.17) is 19.7 Å². The van der Waals surface area contributed by atoms with Crippen molar-refractivity contribution >= 4 is 45.7 Å². The highest BCUT2D eigenvalue weighted by molar-refractivity contribution is 7.54. The second-order valence-electron chi connectivity index (χ2n) is 9.91. The van der Waals surface area contributed by atoms with Crippen molar-refractivity contribution in [2.75, 3.05) is 6.61 Å². The lowest BCUT2D eigenvalue weighted by atomic mass is 10.1. The molecule has 4 aliphatic heterocycles. The minimum Gasteiger partial charge on any atom is -0.387 e. The van der Waals surface area contributed by atoms with Gasteiger partial charge in [-0.25, -0.2) is 9.56 Å². The molecule has 4 aliphatic rings. The van der Waals surface area contributed by atoms with Gasteiger partial charge in [0.2, 0.25) is 0 Å². The summed E-state index contributed by atoms with van der Waals surface area (Å²) in [4.78, 5) is 65.5. The van der Waals surface area contributed by atoms with Crippen molar-refractivity contribution in [2.24, 2.45) is 20.7 Å². The number of carbonyl (C=O) groups is 2. The van der Waals surface area contributed by atoms with Gasteiger partial charge in [-0.3, -0.25) is 28.6 Å². The van der Waals surface area contributed by atoms with Crippen LogP contribution in [0.25, 0.3) is 0 Å². The number of nitrogens with two attached hydrogens (primary N) is 1. The number of aliphatic imine (C=N–C) groups is 3. The minimum absolute atomic E-state index is 0.0383. The number of hydrogen-bond donors (Lipinski definition) is 8. The molecule has 2 fully saturated rings. The topological polar surface area (TPSA) is 317 Å². The van der Waals surface area contributed by atoms with Crippen molar-refractivity contribution in [3.8, 4) is 0 Å². The fraction of sp³-hybridized carbons (Fsp3) is 0.524. The molecule has 1 aromatic heterocycles. The molecule has 2 amide bonds. The van der Waals surface area contributed by atoms with Crippen molar-refractivity contribution in [1.82, 2.24) is 4.90 Å². The fourth-order valence-corrected chi connectivity index (χ4v) is 7.26. The maximum Gasteiger partial charge on any atom is 0.470 e. The standard InChI is InChI=1S/C21H26N6O15P2/c22-16(32)8-2-1-3-26(4-8)19-13(30)11(28)9(40-19)5-39-43(34,35)21(42-44(36,37)38)15-12(29)14(31)20(41-15)27-7-25-10-17(27)23-6-24-18(10)33/h1-4,6-7,9-15,19-21,28-31H,5H2,(H4-,22,32,34,35,36,37,38)/p+1. The Bertz CT molecular complexity index is 1500. The molecule has 5 heterocycles. The number of phosphoric acid groups is 1. The predicted octanol–water partition coefficient (Wildman–Crippen LogP) is -4.54. The first-order chi connectivity index (χ1) is 20.6. The Morgan fingerprint density at radius 2 is 1.84 bits per heavy atom. The Balaban J connectivity index is 1.33. The number of hydrogen-bond acceptors (Lipinski definition) is 15. The van der Waals surface area contributed by atoms with Gasteiger partial charge in [-0.1, -0.05) is 0 Å². The third-order valence-electron chi connectivity index (χ3n) is 7.02. The number of phosphoric ester groups is 1. The Labute approximate surface area is 246 Å². The summed E-state index contributed by atoms with van der Waals surface area (Å²) in [5, 5.41) is 42.4. The van der Waals surface area contributed by atoms with Crippen molar-refractivity contribution in [3.05, 3.63) is 30.1 Å². The van der Waals surface area contributed by atoms with E-state index in [1.165, 1.54) is 29.1 Å². The molecule has 0 bridgehead atoms. The molecule has 0 radical (unpaired) electrons. The molecule has 0 saturated carbocycles. The number of rotatable bonds is 10. The molecule has 0 spiro atoms. The van der Waals surface area contributed by atoms with E-state index < -0.39 is 94.8 Å². The summed E-state index contributed by atoms with van der Waals surface area (Å²) in [5.74, 6) is -4.20. The Kier molecular flexibility index (Phi) is 8.97. The lowest BCUT2D eigenvalue weighted by Crippen LogP contribution is -2.48. The highest BCUT2D eigenvalue weighted by Gasteiger charge is 2.58. The molecule has 11 unspecified atom stereocenters. The van der Waals surface area contributed by atoms with Crippen LogP contribution in [-0.2, 0) is 32.4 Å². The third kappa shape index (κ3) is 6.28. The highest BCUT2D eigenvalue weighted by atomic mass is 31.2. The average molecular weight is 665 g/mol. The molecule has 2 saturated heterocycles. The number of nitrogens with zero attached hydrogens (tertiary/aromatic N) is 5. The maximum atomic E-state index is 13.4. The number of pyridine rings is 1. The van der Waals surface area contributed by atoms with Crippen LogP contribution >= 0.6 is 15.4 Å². The van der Waals surface area contributed by atoms with Crippen LogP contribution in [0, 0.1) is 0 Å². The second kappa shape index (κ2) is 12.1. The van der Waals surface area contributed by atoms with Crippen LogP contribution in [-0.4, -0.2) is 132 Å². The predicted molar refractivity (Wildman–Crippen MR) is 140 cm³/mol. The Morgan fingerprint density at radius 3 is 2.52 bits per heavy atom. The zero-order valence-corrected chi connectivity index (χ0v) is 23.8. The van der Waals surface area contributed by atoms with Gasteiger partial charge in [0.25, 0.3) is 18.0 Å². The van der Waals surface area contributed by atoms with E-state index in [0.29, 0.717) is 0 Å². The summed E-state index contributed by atoms with van der Waals surface area (Å²) >= 11 is 0. The molecule has 11 atom stereocenters. The molecule has 5 rings (SSSR count). The zero-order chi connectivity index (χ0) is 32.1. The van der Waals surface area contributed by atoms with Gasteiger partial charge in [0.05, 0.1) is 12.9 Å². The molecular weight excluding hydrogens is 638 g/mol. The van der Waals surface area contributed by atoms with Gasteiger partial charge in [-0.2, -0.15) is 9.56 Å². The smallest absolute Gasteiger partial charge is 0.387 e. The van der Waals surface area contributed by atoms with E-state index in [9.17, 15) is 53.8 Å². The molecule has 1 aromatic rings. The lowest BCUT2D eigenvalue weighted by Gasteiger charge is -2.30. The number of amides is 2. The van der Waals surface area contributed by atoms with Crippen LogP contribution in [0.5, 0.6) is 0 Å². The van der Waals surface area contributed by atoms with Gasteiger partial charge in [-0.15, -0.1) is 0 Å². The summed E-state index contributed by atoms with van der Waals surface area (Å²) < 4.78 is 46.9. The first kappa shape index (κ1) is 32.5. The van der Waals surface area contributed by atoms with Gasteiger partial charge in [-0.05, 0) is 6.07 Å². The number of amidine groups is 1. The van der Waals surface area contributed by atoms with Crippen LogP contribution < -0.4 is 10.3 Å². The van der Waals surface area contributed by atoms with Gasteiger partial charge < -0.3 is 54.8 Å². The average Bonchev–Trinajstić information content (AvgIpc) is 3.60. The molecule has 44 heavy (non-hydrogen) atoms. The van der Waals surface area contributed by atoms with Crippen LogP contribution in [0.1, 0.15) is 16.6 Å². The van der Waals surface area contributed by atoms with Gasteiger partial charge in [0, 0.05) is 6.07 Å². The quantitative estimate of drug-likeness (QED) is 0.0862. The largest absolute Gasteiger partial charge is 0.470 e. The number of fused-ring (bicyclic) bond motifs is 1. The minimum atomic E-state index is -5.60. The van der Waals surface area contributed by atoms with Gasteiger partial charge in [0.15, 0.2) is 36.6 Å². The molecule has 23 heteroatoms. The monoisotopic (exact) mass is 665 g/mol. The Hall–Kier alpha value is -2.88. The van der Waals surface area contributed by atoms with Crippen molar-refractivity contribution < 1.29 is 76.9 Å². The van der Waals surface area contributed by atoms with E-state index >= 15 is 0 Å². The number of primary amides is 1.